The molecule has 0 atom stereocenters. The molecular weight excluding hydrogens is 268 g/mol. The van der Waals surface area contributed by atoms with Gasteiger partial charge in [-0.2, -0.15) is 0 Å². The third-order valence-electron chi connectivity index (χ3n) is 3.17. The van der Waals surface area contributed by atoms with Crippen LogP contribution in [-0.4, -0.2) is 12.5 Å². The molecule has 2 aromatic carbocycles. The Morgan fingerprint density at radius 2 is 1.86 bits per heavy atom. The fourth-order valence-electron chi connectivity index (χ4n) is 2.33. The maximum absolute atomic E-state index is 11.4. The maximum Gasteiger partial charge on any atom is 0.262 e. The number of nitrogens with two attached hydrogens (primary N) is 1. The van der Waals surface area contributed by atoms with E-state index in [9.17, 15) is 4.79 Å². The average molecular weight is 284 g/mol. The topological polar surface area (TPSA) is 73.6 Å². The minimum Gasteiger partial charge on any atom is -0.481 e. The van der Waals surface area contributed by atoms with Gasteiger partial charge in [0.1, 0.15) is 11.5 Å². The van der Waals surface area contributed by atoms with Crippen molar-refractivity contribution in [3.63, 3.8) is 0 Å². The summed E-state index contributed by atoms with van der Waals surface area (Å²) in [5.41, 5.74) is 9.24. The summed E-state index contributed by atoms with van der Waals surface area (Å²) in [5.74, 6) is 1.57. The summed E-state index contributed by atoms with van der Waals surface area (Å²) in [5, 5.41) is 2.74. The molecule has 1 aliphatic rings. The van der Waals surface area contributed by atoms with Crippen LogP contribution >= 0.6 is 0 Å². The van der Waals surface area contributed by atoms with E-state index in [1.54, 1.807) is 12.1 Å². The molecule has 1 amide bonds. The molecule has 108 valence electrons. The van der Waals surface area contributed by atoms with E-state index in [0.717, 1.165) is 11.1 Å². The molecule has 0 fully saturated rings. The molecule has 0 aliphatic carbocycles. The molecule has 5 heteroatoms. The molecule has 3 N–H and O–H groups in total. The smallest absolute Gasteiger partial charge is 0.262 e. The molecule has 0 aromatic heterocycles. The minimum absolute atomic E-state index is 0.00369. The van der Waals surface area contributed by atoms with Crippen LogP contribution in [0, 0.1) is 13.8 Å². The summed E-state index contributed by atoms with van der Waals surface area (Å²) in [6.45, 7) is 4.01. The van der Waals surface area contributed by atoms with Gasteiger partial charge in [0.15, 0.2) is 12.4 Å². The van der Waals surface area contributed by atoms with Gasteiger partial charge < -0.3 is 20.5 Å². The van der Waals surface area contributed by atoms with Crippen molar-refractivity contribution in [1.82, 2.24) is 0 Å². The minimum atomic E-state index is -0.190. The summed E-state index contributed by atoms with van der Waals surface area (Å²) < 4.78 is 11.2. The molecule has 1 heterocycles. The summed E-state index contributed by atoms with van der Waals surface area (Å²) in [6.07, 6.45) is 0. The second-order valence-corrected chi connectivity index (χ2v) is 5.15. The number of anilines is 2. The Kier molecular flexibility index (Phi) is 3.17. The second-order valence-electron chi connectivity index (χ2n) is 5.15. The number of amides is 1. The number of carbonyl (C=O) groups is 1. The van der Waals surface area contributed by atoms with Crippen molar-refractivity contribution >= 4 is 17.3 Å². The third-order valence-corrected chi connectivity index (χ3v) is 3.17. The van der Waals surface area contributed by atoms with Crippen LogP contribution in [0.3, 0.4) is 0 Å². The fourth-order valence-corrected chi connectivity index (χ4v) is 2.33. The van der Waals surface area contributed by atoms with Crippen molar-refractivity contribution in [1.29, 1.82) is 0 Å². The van der Waals surface area contributed by atoms with E-state index < -0.39 is 0 Å². The lowest BCUT2D eigenvalue weighted by Gasteiger charge is -2.20. The second kappa shape index (κ2) is 5.01. The average Bonchev–Trinajstić information content (AvgIpc) is 2.39. The van der Waals surface area contributed by atoms with Crippen LogP contribution in [0.5, 0.6) is 17.2 Å². The lowest BCUT2D eigenvalue weighted by atomic mass is 10.1. The number of benzene rings is 2. The summed E-state index contributed by atoms with van der Waals surface area (Å²) >= 11 is 0. The first-order chi connectivity index (χ1) is 10.0. The van der Waals surface area contributed by atoms with Crippen molar-refractivity contribution < 1.29 is 14.3 Å². The molecule has 0 spiro atoms. The highest BCUT2D eigenvalue weighted by Gasteiger charge is 2.18. The highest BCUT2D eigenvalue weighted by Crippen LogP contribution is 2.38. The predicted molar refractivity (Wildman–Crippen MR) is 81.0 cm³/mol. The monoisotopic (exact) mass is 284 g/mol. The van der Waals surface area contributed by atoms with Crippen LogP contribution in [0.4, 0.5) is 11.4 Å². The number of nitrogens with one attached hydrogen (secondary N) is 1. The van der Waals surface area contributed by atoms with Crippen molar-refractivity contribution in [2.45, 2.75) is 13.8 Å². The van der Waals surface area contributed by atoms with E-state index in [4.69, 9.17) is 15.2 Å². The molecule has 2 aromatic rings. The molecular formula is C16H16N2O3. The zero-order chi connectivity index (χ0) is 15.0. The summed E-state index contributed by atoms with van der Waals surface area (Å²) in [7, 11) is 0. The van der Waals surface area contributed by atoms with Gasteiger partial charge in [-0.05, 0) is 37.1 Å². The maximum atomic E-state index is 11.4. The number of aryl methyl sites for hydroxylation is 2. The van der Waals surface area contributed by atoms with Crippen LogP contribution in [0.15, 0.2) is 30.3 Å². The normalized spacial score (nSPS) is 13.1. The number of fused-ring (bicyclic) bond motifs is 1. The van der Waals surface area contributed by atoms with Crippen LogP contribution in [0.25, 0.3) is 0 Å². The molecule has 21 heavy (non-hydrogen) atoms. The molecule has 3 rings (SSSR count). The van der Waals surface area contributed by atoms with E-state index in [2.05, 4.69) is 11.4 Å². The third kappa shape index (κ3) is 2.76. The molecule has 1 aliphatic heterocycles. The highest BCUT2D eigenvalue weighted by molar-refractivity contribution is 5.96. The van der Waals surface area contributed by atoms with Gasteiger partial charge in [-0.15, -0.1) is 0 Å². The van der Waals surface area contributed by atoms with Crippen molar-refractivity contribution in [3.05, 3.63) is 41.5 Å². The van der Waals surface area contributed by atoms with Crippen molar-refractivity contribution in [2.24, 2.45) is 0 Å². The predicted octanol–water partition coefficient (Wildman–Crippen LogP) is 3.01. The van der Waals surface area contributed by atoms with E-state index >= 15 is 0 Å². The van der Waals surface area contributed by atoms with Gasteiger partial charge in [0, 0.05) is 12.1 Å². The Labute approximate surface area is 122 Å². The van der Waals surface area contributed by atoms with Gasteiger partial charge in [-0.3, -0.25) is 4.79 Å². The molecule has 0 radical (unpaired) electrons. The Morgan fingerprint density at radius 3 is 2.57 bits per heavy atom. The van der Waals surface area contributed by atoms with Crippen LogP contribution in [0.2, 0.25) is 0 Å². The fraction of sp³-hybridized carbons (Fsp3) is 0.188. The van der Waals surface area contributed by atoms with Gasteiger partial charge in [0.2, 0.25) is 0 Å². The highest BCUT2D eigenvalue weighted by atomic mass is 16.5. The van der Waals surface area contributed by atoms with Gasteiger partial charge >= 0.3 is 0 Å². The Balaban J connectivity index is 1.95. The van der Waals surface area contributed by atoms with E-state index in [0.29, 0.717) is 28.6 Å². The SMILES string of the molecule is Cc1cc(C)cc(Oc2cc3c(cc2N)OCC(=O)N3)c1. The first-order valence-electron chi connectivity index (χ1n) is 6.63. The Morgan fingerprint density at radius 1 is 1.14 bits per heavy atom. The number of rotatable bonds is 2. The van der Waals surface area contributed by atoms with Gasteiger partial charge in [-0.1, -0.05) is 6.07 Å². The largest absolute Gasteiger partial charge is 0.481 e. The Bertz CT molecular complexity index is 705. The number of carbonyl (C=O) groups excluding carboxylic acids is 1. The standard InChI is InChI=1S/C16H16N2O3/c1-9-3-10(2)5-11(4-9)21-14-7-13-15(6-12(14)17)20-8-16(19)18-13/h3-7H,8,17H2,1-2H3,(H,18,19). The van der Waals surface area contributed by atoms with Crippen LogP contribution in [-0.2, 0) is 4.79 Å². The molecule has 0 unspecified atom stereocenters. The first kappa shape index (κ1) is 13.3. The quantitative estimate of drug-likeness (QED) is 0.831. The van der Waals surface area contributed by atoms with Crippen LogP contribution in [0.1, 0.15) is 11.1 Å². The molecule has 0 saturated heterocycles. The van der Waals surface area contributed by atoms with Crippen molar-refractivity contribution in [2.75, 3.05) is 17.7 Å². The first-order valence-corrected chi connectivity index (χ1v) is 6.63. The zero-order valence-electron chi connectivity index (χ0n) is 11.9. The lowest BCUT2D eigenvalue weighted by molar-refractivity contribution is -0.118. The summed E-state index contributed by atoms with van der Waals surface area (Å²) in [6, 6.07) is 9.27. The molecule has 0 bridgehead atoms. The molecule has 0 saturated carbocycles. The van der Waals surface area contributed by atoms with E-state index in [1.165, 1.54) is 0 Å². The van der Waals surface area contributed by atoms with Gasteiger partial charge in [0.05, 0.1) is 11.4 Å². The molecule has 5 nitrogen and oxygen atoms in total. The number of hydrogen-bond acceptors (Lipinski definition) is 4. The number of nitrogen functional groups attached to an aromatic ring is 1. The lowest BCUT2D eigenvalue weighted by Crippen LogP contribution is -2.25. The number of ether oxygens (including phenoxy) is 2. The van der Waals surface area contributed by atoms with Gasteiger partial charge in [0.25, 0.3) is 5.91 Å². The zero-order valence-corrected chi connectivity index (χ0v) is 11.9. The summed E-state index contributed by atoms with van der Waals surface area (Å²) in [4.78, 5) is 11.4. The van der Waals surface area contributed by atoms with Gasteiger partial charge in [-0.25, -0.2) is 0 Å². The van der Waals surface area contributed by atoms with Crippen molar-refractivity contribution in [3.8, 4) is 17.2 Å². The Hall–Kier alpha value is -2.69. The van der Waals surface area contributed by atoms with E-state index in [1.807, 2.05) is 26.0 Å². The van der Waals surface area contributed by atoms with Crippen LogP contribution < -0.4 is 20.5 Å². The number of hydrogen-bond donors (Lipinski definition) is 2. The van der Waals surface area contributed by atoms with E-state index in [-0.39, 0.29) is 12.5 Å².